The lowest BCUT2D eigenvalue weighted by Gasteiger charge is -2.30. The Bertz CT molecular complexity index is 619. The number of nitro groups is 1. The minimum Gasteiger partial charge on any atom is -0.481 e. The number of carboxylic acid groups (broad SMARTS) is 1. The molecule has 0 aliphatic carbocycles. The monoisotopic (exact) mass is 311 g/mol. The fourth-order valence-corrected chi connectivity index (χ4v) is 3.65. The van der Waals surface area contributed by atoms with E-state index < -0.39 is 16.3 Å². The quantitative estimate of drug-likeness (QED) is 0.682. The van der Waals surface area contributed by atoms with Crippen LogP contribution in [0, 0.1) is 15.5 Å². The first-order valence-corrected chi connectivity index (χ1v) is 7.12. The van der Waals surface area contributed by atoms with Gasteiger partial charge in [0.15, 0.2) is 0 Å². The van der Waals surface area contributed by atoms with E-state index in [-0.39, 0.29) is 29.3 Å². The molecule has 0 spiro atoms. The Balaban J connectivity index is 1.98. The zero-order valence-electron chi connectivity index (χ0n) is 11.1. The zero-order chi connectivity index (χ0) is 15.2. The van der Waals surface area contributed by atoms with Crippen LogP contribution in [0.1, 0.15) is 24.8 Å². The van der Waals surface area contributed by atoms with Crippen molar-refractivity contribution in [3.05, 3.63) is 38.9 Å². The van der Waals surface area contributed by atoms with Crippen molar-refractivity contribution in [2.45, 2.75) is 37.9 Å². The van der Waals surface area contributed by atoms with Gasteiger partial charge in [0.05, 0.1) is 17.1 Å². The summed E-state index contributed by atoms with van der Waals surface area (Å²) >= 11 is 5.79. The van der Waals surface area contributed by atoms with Crippen molar-refractivity contribution < 1.29 is 19.6 Å². The number of nitro benzene ring substituents is 1. The Kier molecular flexibility index (Phi) is 3.37. The molecule has 3 atom stereocenters. The van der Waals surface area contributed by atoms with Crippen molar-refractivity contribution >= 4 is 23.3 Å². The summed E-state index contributed by atoms with van der Waals surface area (Å²) in [5.41, 5.74) is -0.810. The summed E-state index contributed by atoms with van der Waals surface area (Å²) in [7, 11) is 0. The van der Waals surface area contributed by atoms with E-state index >= 15 is 0 Å². The topological polar surface area (TPSA) is 89.7 Å². The molecule has 0 radical (unpaired) electrons. The minimum absolute atomic E-state index is 0.0440. The molecule has 1 aromatic rings. The number of carbonyl (C=O) groups is 1. The highest BCUT2D eigenvalue weighted by Crippen LogP contribution is 2.50. The molecule has 0 saturated carbocycles. The van der Waals surface area contributed by atoms with Crippen LogP contribution in [-0.4, -0.2) is 28.2 Å². The van der Waals surface area contributed by atoms with Crippen molar-refractivity contribution in [1.82, 2.24) is 0 Å². The molecular formula is C14H14ClNO5. The molecule has 2 aliphatic rings. The van der Waals surface area contributed by atoms with Gasteiger partial charge in [-0.25, -0.2) is 0 Å². The molecule has 2 saturated heterocycles. The third kappa shape index (κ3) is 2.28. The standard InChI is InChI=1S/C14H14ClNO5/c15-9-2-1-8(11(5-9)16(19)20)6-14(13(17)18)7-10-3-4-12(14)21-10/h1-2,5,10,12H,3-4,6-7H2,(H,17,18). The third-order valence-electron chi connectivity index (χ3n) is 4.49. The summed E-state index contributed by atoms with van der Waals surface area (Å²) in [6, 6.07) is 4.35. The average Bonchev–Trinajstić information content (AvgIpc) is 3.01. The number of halogens is 1. The molecule has 0 aromatic heterocycles. The highest BCUT2D eigenvalue weighted by molar-refractivity contribution is 6.30. The van der Waals surface area contributed by atoms with Gasteiger partial charge in [-0.1, -0.05) is 17.7 Å². The first-order valence-electron chi connectivity index (χ1n) is 6.74. The highest BCUT2D eigenvalue weighted by atomic mass is 35.5. The number of carboxylic acids is 1. The van der Waals surface area contributed by atoms with Gasteiger partial charge in [-0.15, -0.1) is 0 Å². The molecule has 112 valence electrons. The largest absolute Gasteiger partial charge is 0.481 e. The van der Waals surface area contributed by atoms with Crippen molar-refractivity contribution in [1.29, 1.82) is 0 Å². The Morgan fingerprint density at radius 1 is 1.52 bits per heavy atom. The summed E-state index contributed by atoms with van der Waals surface area (Å²) in [4.78, 5) is 22.4. The lowest BCUT2D eigenvalue weighted by Crippen LogP contribution is -2.42. The van der Waals surface area contributed by atoms with Crippen molar-refractivity contribution in [3.63, 3.8) is 0 Å². The SMILES string of the molecule is O=C(O)C1(Cc2ccc(Cl)cc2[N+](=O)[O-])CC2CCC1O2. The van der Waals surface area contributed by atoms with Crippen molar-refractivity contribution in [2.24, 2.45) is 5.41 Å². The number of hydrogen-bond acceptors (Lipinski definition) is 4. The molecule has 0 amide bonds. The highest BCUT2D eigenvalue weighted by Gasteiger charge is 2.57. The number of aliphatic carboxylic acids is 1. The summed E-state index contributed by atoms with van der Waals surface area (Å²) in [5, 5.41) is 21.1. The summed E-state index contributed by atoms with van der Waals surface area (Å²) in [5.74, 6) is -0.945. The maximum atomic E-state index is 11.8. The Morgan fingerprint density at radius 2 is 2.29 bits per heavy atom. The lowest BCUT2D eigenvalue weighted by atomic mass is 9.70. The van der Waals surface area contributed by atoms with Crippen molar-refractivity contribution in [3.8, 4) is 0 Å². The molecule has 2 heterocycles. The van der Waals surface area contributed by atoms with E-state index in [1.54, 1.807) is 6.07 Å². The molecule has 3 unspecified atom stereocenters. The molecule has 3 rings (SSSR count). The van der Waals surface area contributed by atoms with E-state index in [9.17, 15) is 20.0 Å². The first kappa shape index (κ1) is 14.3. The average molecular weight is 312 g/mol. The zero-order valence-corrected chi connectivity index (χ0v) is 11.9. The van der Waals surface area contributed by atoms with Crippen LogP contribution in [0.5, 0.6) is 0 Å². The van der Waals surface area contributed by atoms with Gasteiger partial charge in [0.2, 0.25) is 0 Å². The van der Waals surface area contributed by atoms with Gasteiger partial charge in [0, 0.05) is 16.7 Å². The van der Waals surface area contributed by atoms with Gasteiger partial charge in [0.1, 0.15) is 5.41 Å². The Hall–Kier alpha value is -1.66. The Morgan fingerprint density at radius 3 is 2.81 bits per heavy atom. The molecule has 2 bridgehead atoms. The van der Waals surface area contributed by atoms with Crippen LogP contribution < -0.4 is 0 Å². The summed E-state index contributed by atoms with van der Waals surface area (Å²) < 4.78 is 5.67. The van der Waals surface area contributed by atoms with Gasteiger partial charge >= 0.3 is 5.97 Å². The smallest absolute Gasteiger partial charge is 0.312 e. The van der Waals surface area contributed by atoms with E-state index in [2.05, 4.69) is 0 Å². The molecule has 1 N–H and O–H groups in total. The molecule has 6 nitrogen and oxygen atoms in total. The number of fused-ring (bicyclic) bond motifs is 2. The van der Waals surface area contributed by atoms with E-state index in [0.29, 0.717) is 18.4 Å². The van der Waals surface area contributed by atoms with Crippen LogP contribution in [-0.2, 0) is 16.0 Å². The van der Waals surface area contributed by atoms with Gasteiger partial charge in [0.25, 0.3) is 5.69 Å². The van der Waals surface area contributed by atoms with E-state index in [0.717, 1.165) is 6.42 Å². The second-order valence-corrected chi connectivity index (χ2v) is 6.13. The number of benzene rings is 1. The maximum absolute atomic E-state index is 11.8. The minimum atomic E-state index is -1.07. The van der Waals surface area contributed by atoms with Gasteiger partial charge < -0.3 is 9.84 Å². The molecule has 2 fully saturated rings. The second kappa shape index (κ2) is 4.96. The molecule has 1 aromatic carbocycles. The predicted octanol–water partition coefficient (Wildman–Crippen LogP) is 2.81. The fraction of sp³-hybridized carbons (Fsp3) is 0.500. The fourth-order valence-electron chi connectivity index (χ4n) is 3.48. The molecule has 21 heavy (non-hydrogen) atoms. The number of nitrogens with zero attached hydrogens (tertiary/aromatic N) is 1. The number of rotatable bonds is 4. The van der Waals surface area contributed by atoms with Gasteiger partial charge in [-0.2, -0.15) is 0 Å². The molecular weight excluding hydrogens is 298 g/mol. The van der Waals surface area contributed by atoms with Crippen molar-refractivity contribution in [2.75, 3.05) is 0 Å². The summed E-state index contributed by atoms with van der Waals surface area (Å²) in [6.07, 6.45) is 1.65. The van der Waals surface area contributed by atoms with Crippen LogP contribution in [0.15, 0.2) is 18.2 Å². The number of ether oxygens (including phenoxy) is 1. The lowest BCUT2D eigenvalue weighted by molar-refractivity contribution is -0.385. The normalized spacial score (nSPS) is 30.5. The van der Waals surface area contributed by atoms with E-state index in [4.69, 9.17) is 16.3 Å². The number of hydrogen-bond donors (Lipinski definition) is 1. The predicted molar refractivity (Wildman–Crippen MR) is 74.4 cm³/mol. The van der Waals surface area contributed by atoms with Crippen LogP contribution in [0.2, 0.25) is 5.02 Å². The third-order valence-corrected chi connectivity index (χ3v) is 4.73. The second-order valence-electron chi connectivity index (χ2n) is 5.70. The Labute approximate surface area is 125 Å². The van der Waals surface area contributed by atoms with Crippen LogP contribution in [0.4, 0.5) is 5.69 Å². The van der Waals surface area contributed by atoms with E-state index in [1.165, 1.54) is 12.1 Å². The van der Waals surface area contributed by atoms with Crippen LogP contribution >= 0.6 is 11.6 Å². The molecule has 7 heteroatoms. The van der Waals surface area contributed by atoms with E-state index in [1.807, 2.05) is 0 Å². The van der Waals surface area contributed by atoms with Gasteiger partial charge in [-0.3, -0.25) is 14.9 Å². The van der Waals surface area contributed by atoms with Gasteiger partial charge in [-0.05, 0) is 31.7 Å². The summed E-state index contributed by atoms with van der Waals surface area (Å²) in [6.45, 7) is 0. The van der Waals surface area contributed by atoms with Crippen LogP contribution in [0.25, 0.3) is 0 Å². The van der Waals surface area contributed by atoms with Crippen LogP contribution in [0.3, 0.4) is 0 Å². The first-order chi connectivity index (χ1) is 9.92. The molecule has 2 aliphatic heterocycles. The maximum Gasteiger partial charge on any atom is 0.312 e.